The summed E-state index contributed by atoms with van der Waals surface area (Å²) in [7, 11) is 0. The van der Waals surface area contributed by atoms with Crippen molar-refractivity contribution in [3.63, 3.8) is 0 Å². The maximum Gasteiger partial charge on any atom is 0.253 e. The van der Waals surface area contributed by atoms with Crippen molar-refractivity contribution in [3.8, 4) is 5.75 Å². The van der Waals surface area contributed by atoms with Crippen LogP contribution in [0.15, 0.2) is 24.3 Å². The third-order valence-electron chi connectivity index (χ3n) is 5.59. The fourth-order valence-corrected chi connectivity index (χ4v) is 3.99. The van der Waals surface area contributed by atoms with Crippen LogP contribution in [0.2, 0.25) is 0 Å². The van der Waals surface area contributed by atoms with Gasteiger partial charge in [-0.3, -0.25) is 14.8 Å². The van der Waals surface area contributed by atoms with E-state index in [0.29, 0.717) is 0 Å². The molecule has 0 saturated carbocycles. The summed E-state index contributed by atoms with van der Waals surface area (Å²) >= 11 is 0. The Kier molecular flexibility index (Phi) is 5.90. The minimum absolute atomic E-state index is 0.141. The molecule has 0 atom stereocenters. The SMILES string of the molecule is Cc1nc(CN2CCC(Oc3ccc(C(=O)N4CCCCC4)cc3)CC2)n[nH]1. The van der Waals surface area contributed by atoms with E-state index in [1.807, 2.05) is 36.1 Å². The predicted octanol–water partition coefficient (Wildman–Crippen LogP) is 2.78. The molecule has 2 aliphatic heterocycles. The van der Waals surface area contributed by atoms with Crippen LogP contribution < -0.4 is 4.74 Å². The number of likely N-dealkylation sites (tertiary alicyclic amines) is 2. The zero-order valence-corrected chi connectivity index (χ0v) is 16.6. The minimum Gasteiger partial charge on any atom is -0.490 e. The van der Waals surface area contributed by atoms with Crippen LogP contribution in [0, 0.1) is 6.92 Å². The normalized spacial score (nSPS) is 19.0. The molecule has 2 aromatic rings. The molecule has 28 heavy (non-hydrogen) atoms. The second kappa shape index (κ2) is 8.73. The summed E-state index contributed by atoms with van der Waals surface area (Å²) in [5.41, 5.74) is 0.755. The lowest BCUT2D eigenvalue weighted by Gasteiger charge is -2.31. The van der Waals surface area contributed by atoms with E-state index in [-0.39, 0.29) is 12.0 Å². The van der Waals surface area contributed by atoms with Gasteiger partial charge in [0.05, 0.1) is 6.54 Å². The Hall–Kier alpha value is -2.41. The Morgan fingerprint density at radius 3 is 2.46 bits per heavy atom. The lowest BCUT2D eigenvalue weighted by molar-refractivity contribution is 0.0724. The number of nitrogens with one attached hydrogen (secondary N) is 1. The molecule has 0 aliphatic carbocycles. The van der Waals surface area contributed by atoms with E-state index in [0.717, 1.165) is 81.4 Å². The summed E-state index contributed by atoms with van der Waals surface area (Å²) in [5, 5.41) is 7.11. The van der Waals surface area contributed by atoms with E-state index >= 15 is 0 Å². The molecular formula is C21H29N5O2. The van der Waals surface area contributed by atoms with E-state index in [1.54, 1.807) is 0 Å². The number of amides is 1. The molecule has 1 amide bonds. The summed E-state index contributed by atoms with van der Waals surface area (Å²) in [4.78, 5) is 21.3. The molecule has 0 spiro atoms. The van der Waals surface area contributed by atoms with Crippen LogP contribution in [-0.2, 0) is 6.54 Å². The number of aryl methyl sites for hydroxylation is 1. The van der Waals surface area contributed by atoms with Crippen molar-refractivity contribution in [2.75, 3.05) is 26.2 Å². The summed E-state index contributed by atoms with van der Waals surface area (Å²) < 4.78 is 6.15. The Balaban J connectivity index is 1.25. The zero-order valence-electron chi connectivity index (χ0n) is 16.6. The van der Waals surface area contributed by atoms with Gasteiger partial charge in [-0.15, -0.1) is 0 Å². The maximum absolute atomic E-state index is 12.6. The summed E-state index contributed by atoms with van der Waals surface area (Å²) in [6, 6.07) is 7.65. The predicted molar refractivity (Wildman–Crippen MR) is 106 cm³/mol. The molecule has 0 bridgehead atoms. The molecular weight excluding hydrogens is 354 g/mol. The number of carbonyl (C=O) groups excluding carboxylic acids is 1. The van der Waals surface area contributed by atoms with Gasteiger partial charge in [0.25, 0.3) is 5.91 Å². The first-order valence-electron chi connectivity index (χ1n) is 10.3. The lowest BCUT2D eigenvalue weighted by Crippen LogP contribution is -2.38. The molecule has 7 nitrogen and oxygen atoms in total. The number of aromatic nitrogens is 3. The highest BCUT2D eigenvalue weighted by Gasteiger charge is 2.22. The molecule has 1 N–H and O–H groups in total. The smallest absolute Gasteiger partial charge is 0.253 e. The molecule has 4 rings (SSSR count). The molecule has 1 aromatic carbocycles. The Labute approximate surface area is 166 Å². The highest BCUT2D eigenvalue weighted by molar-refractivity contribution is 5.94. The quantitative estimate of drug-likeness (QED) is 0.859. The van der Waals surface area contributed by atoms with Crippen LogP contribution in [0.4, 0.5) is 0 Å². The highest BCUT2D eigenvalue weighted by Crippen LogP contribution is 2.21. The fourth-order valence-electron chi connectivity index (χ4n) is 3.99. The number of hydrogen-bond acceptors (Lipinski definition) is 5. The highest BCUT2D eigenvalue weighted by atomic mass is 16.5. The lowest BCUT2D eigenvalue weighted by atomic mass is 10.1. The van der Waals surface area contributed by atoms with Gasteiger partial charge in [-0.2, -0.15) is 5.10 Å². The molecule has 2 saturated heterocycles. The summed E-state index contributed by atoms with van der Waals surface area (Å²) in [6.45, 7) is 6.41. The van der Waals surface area contributed by atoms with E-state index < -0.39 is 0 Å². The second-order valence-corrected chi connectivity index (χ2v) is 7.81. The van der Waals surface area contributed by atoms with Gasteiger partial charge in [-0.25, -0.2) is 4.98 Å². The molecule has 0 unspecified atom stereocenters. The topological polar surface area (TPSA) is 74.4 Å². The molecule has 150 valence electrons. The number of hydrogen-bond donors (Lipinski definition) is 1. The molecule has 2 aliphatic rings. The van der Waals surface area contributed by atoms with Crippen molar-refractivity contribution in [2.24, 2.45) is 0 Å². The third-order valence-corrected chi connectivity index (χ3v) is 5.59. The third kappa shape index (κ3) is 4.70. The number of aromatic amines is 1. The van der Waals surface area contributed by atoms with Gasteiger partial charge in [0, 0.05) is 31.7 Å². The van der Waals surface area contributed by atoms with Crippen molar-refractivity contribution in [1.82, 2.24) is 25.0 Å². The van der Waals surface area contributed by atoms with Crippen LogP contribution >= 0.6 is 0 Å². The Morgan fingerprint density at radius 2 is 1.82 bits per heavy atom. The van der Waals surface area contributed by atoms with Crippen LogP contribution in [0.1, 0.15) is 54.1 Å². The number of benzene rings is 1. The summed E-state index contributed by atoms with van der Waals surface area (Å²) in [5.74, 6) is 2.70. The van der Waals surface area contributed by atoms with E-state index in [9.17, 15) is 4.79 Å². The summed E-state index contributed by atoms with van der Waals surface area (Å²) in [6.07, 6.45) is 5.64. The first-order chi connectivity index (χ1) is 13.7. The van der Waals surface area contributed by atoms with Crippen LogP contribution in [0.3, 0.4) is 0 Å². The number of H-pyrrole nitrogens is 1. The number of carbonyl (C=O) groups is 1. The molecule has 1 aromatic heterocycles. The Morgan fingerprint density at radius 1 is 1.11 bits per heavy atom. The van der Waals surface area contributed by atoms with Crippen molar-refractivity contribution in [2.45, 2.75) is 51.7 Å². The maximum atomic E-state index is 12.6. The average molecular weight is 383 g/mol. The van der Waals surface area contributed by atoms with Gasteiger partial charge in [0.2, 0.25) is 0 Å². The zero-order chi connectivity index (χ0) is 19.3. The van der Waals surface area contributed by atoms with Crippen molar-refractivity contribution in [1.29, 1.82) is 0 Å². The average Bonchev–Trinajstić information content (AvgIpc) is 3.15. The van der Waals surface area contributed by atoms with Crippen LogP contribution in [0.25, 0.3) is 0 Å². The van der Waals surface area contributed by atoms with Gasteiger partial charge in [-0.05, 0) is 63.3 Å². The fraction of sp³-hybridized carbons (Fsp3) is 0.571. The number of ether oxygens (including phenoxy) is 1. The van der Waals surface area contributed by atoms with E-state index in [4.69, 9.17) is 4.74 Å². The van der Waals surface area contributed by atoms with Gasteiger partial charge in [0.1, 0.15) is 17.7 Å². The molecule has 2 fully saturated rings. The van der Waals surface area contributed by atoms with Gasteiger partial charge < -0.3 is 9.64 Å². The number of piperidine rings is 2. The van der Waals surface area contributed by atoms with E-state index in [2.05, 4.69) is 20.1 Å². The number of nitrogens with zero attached hydrogens (tertiary/aromatic N) is 4. The molecule has 3 heterocycles. The second-order valence-electron chi connectivity index (χ2n) is 7.81. The number of rotatable bonds is 5. The van der Waals surface area contributed by atoms with Crippen molar-refractivity contribution >= 4 is 5.91 Å². The Bertz CT molecular complexity index is 774. The van der Waals surface area contributed by atoms with Crippen LogP contribution in [-0.4, -0.2) is 63.2 Å². The van der Waals surface area contributed by atoms with Gasteiger partial charge in [0.15, 0.2) is 5.82 Å². The van der Waals surface area contributed by atoms with Crippen molar-refractivity contribution in [3.05, 3.63) is 41.5 Å². The molecule has 0 radical (unpaired) electrons. The van der Waals surface area contributed by atoms with Crippen LogP contribution in [0.5, 0.6) is 5.75 Å². The monoisotopic (exact) mass is 383 g/mol. The standard InChI is InChI=1S/C21H29N5O2/c1-16-22-20(24-23-16)15-25-13-9-19(10-14-25)28-18-7-5-17(6-8-18)21(27)26-11-3-2-4-12-26/h5-8,19H,2-4,9-15H2,1H3,(H,22,23,24). The minimum atomic E-state index is 0.141. The largest absolute Gasteiger partial charge is 0.490 e. The van der Waals surface area contributed by atoms with Gasteiger partial charge in [-0.1, -0.05) is 0 Å². The van der Waals surface area contributed by atoms with Crippen molar-refractivity contribution < 1.29 is 9.53 Å². The molecule has 7 heteroatoms. The first-order valence-corrected chi connectivity index (χ1v) is 10.3. The first kappa shape index (κ1) is 18.9. The van der Waals surface area contributed by atoms with Gasteiger partial charge >= 0.3 is 0 Å². The van der Waals surface area contributed by atoms with E-state index in [1.165, 1.54) is 6.42 Å².